The van der Waals surface area contributed by atoms with Crippen molar-refractivity contribution in [3.05, 3.63) is 69.5 Å². The molecule has 5 nitrogen and oxygen atoms in total. The fourth-order valence-corrected chi connectivity index (χ4v) is 4.05. The van der Waals surface area contributed by atoms with Crippen LogP contribution in [0, 0.1) is 12.8 Å². The Morgan fingerprint density at radius 1 is 1.07 bits per heavy atom. The number of rotatable bonds is 4. The molecule has 0 bridgehead atoms. The van der Waals surface area contributed by atoms with E-state index in [0.29, 0.717) is 41.6 Å². The molecule has 148 valence electrons. The molecule has 2 aliphatic rings. The molecule has 5 heteroatoms. The van der Waals surface area contributed by atoms with E-state index < -0.39 is 0 Å². The van der Waals surface area contributed by atoms with Crippen molar-refractivity contribution in [2.45, 2.75) is 32.7 Å². The summed E-state index contributed by atoms with van der Waals surface area (Å²) in [6.07, 6.45) is 5.34. The van der Waals surface area contributed by atoms with Crippen LogP contribution in [0.4, 0.5) is 0 Å². The number of aryl methyl sites for hydroxylation is 1. The second kappa shape index (κ2) is 7.07. The summed E-state index contributed by atoms with van der Waals surface area (Å²) < 4.78 is 13.5. The summed E-state index contributed by atoms with van der Waals surface area (Å²) in [5, 5.41) is 0.506. The summed E-state index contributed by atoms with van der Waals surface area (Å²) in [6.45, 7) is 3.72. The highest BCUT2D eigenvalue weighted by molar-refractivity contribution is 6.10. The van der Waals surface area contributed by atoms with Crippen LogP contribution in [-0.2, 0) is 6.54 Å². The van der Waals surface area contributed by atoms with Gasteiger partial charge in [0, 0.05) is 24.4 Å². The molecule has 0 unspecified atom stereocenters. The van der Waals surface area contributed by atoms with Crippen molar-refractivity contribution in [2.24, 2.45) is 5.92 Å². The maximum atomic E-state index is 13.3. The number of carbonyl (C=O) groups is 1. The first-order chi connectivity index (χ1) is 14.1. The maximum absolute atomic E-state index is 13.3. The number of hydrogen-bond donors (Lipinski definition) is 0. The van der Waals surface area contributed by atoms with Crippen molar-refractivity contribution < 1.29 is 14.3 Å². The number of hydrogen-bond acceptors (Lipinski definition) is 4. The standard InChI is InChI=1S/C24H23NO4/c1-15-5-7-17(8-6-15)23(26)19-14-25(13-16-3-2-4-16)20-12-22-21(28-9-10-29-22)11-18(20)24(19)27/h5-8,11-12,14,16H,2-4,9-10,13H2,1H3. The van der Waals surface area contributed by atoms with Gasteiger partial charge in [-0.05, 0) is 31.7 Å². The average Bonchev–Trinajstić information content (AvgIpc) is 2.71. The Balaban J connectivity index is 1.69. The van der Waals surface area contributed by atoms with Crippen molar-refractivity contribution in [3.8, 4) is 11.5 Å². The van der Waals surface area contributed by atoms with Gasteiger partial charge in [0.05, 0.1) is 16.5 Å². The molecule has 2 heterocycles. The van der Waals surface area contributed by atoms with E-state index in [0.717, 1.165) is 17.6 Å². The van der Waals surface area contributed by atoms with E-state index in [2.05, 4.69) is 4.57 Å². The zero-order chi connectivity index (χ0) is 20.0. The minimum atomic E-state index is -0.257. The van der Waals surface area contributed by atoms with E-state index >= 15 is 0 Å². The average molecular weight is 389 g/mol. The molecule has 0 saturated heterocycles. The monoisotopic (exact) mass is 389 g/mol. The number of pyridine rings is 1. The predicted octanol–water partition coefficient (Wildman–Crippen LogP) is 4.11. The first kappa shape index (κ1) is 18.0. The third kappa shape index (κ3) is 3.20. The van der Waals surface area contributed by atoms with Gasteiger partial charge in [0.15, 0.2) is 17.3 Å². The van der Waals surface area contributed by atoms with E-state index in [9.17, 15) is 9.59 Å². The lowest BCUT2D eigenvalue weighted by Gasteiger charge is -2.28. The molecule has 1 saturated carbocycles. The number of fused-ring (bicyclic) bond motifs is 2. The van der Waals surface area contributed by atoms with Gasteiger partial charge in [0.2, 0.25) is 5.43 Å². The zero-order valence-corrected chi connectivity index (χ0v) is 16.4. The first-order valence-corrected chi connectivity index (χ1v) is 10.2. The Hall–Kier alpha value is -3.08. The van der Waals surface area contributed by atoms with Gasteiger partial charge in [-0.25, -0.2) is 0 Å². The summed E-state index contributed by atoms with van der Waals surface area (Å²) in [6, 6.07) is 11.0. The van der Waals surface area contributed by atoms with Gasteiger partial charge in [-0.3, -0.25) is 9.59 Å². The third-order valence-electron chi connectivity index (χ3n) is 5.98. The van der Waals surface area contributed by atoms with Crippen molar-refractivity contribution in [3.63, 3.8) is 0 Å². The normalized spacial score (nSPS) is 15.9. The summed E-state index contributed by atoms with van der Waals surface area (Å²) >= 11 is 0. The van der Waals surface area contributed by atoms with E-state index in [-0.39, 0.29) is 16.8 Å². The van der Waals surface area contributed by atoms with E-state index in [1.54, 1.807) is 24.4 Å². The van der Waals surface area contributed by atoms with Crippen LogP contribution in [-0.4, -0.2) is 23.6 Å². The van der Waals surface area contributed by atoms with Gasteiger partial charge in [-0.2, -0.15) is 0 Å². The largest absolute Gasteiger partial charge is 0.486 e. The Kier molecular flexibility index (Phi) is 4.38. The minimum absolute atomic E-state index is 0.206. The van der Waals surface area contributed by atoms with Crippen LogP contribution in [0.15, 0.2) is 47.4 Å². The zero-order valence-electron chi connectivity index (χ0n) is 16.4. The van der Waals surface area contributed by atoms with Crippen LogP contribution >= 0.6 is 0 Å². The van der Waals surface area contributed by atoms with Gasteiger partial charge in [0.25, 0.3) is 0 Å². The Labute approximate surface area is 168 Å². The highest BCUT2D eigenvalue weighted by Crippen LogP contribution is 2.35. The molecule has 0 amide bonds. The number of ether oxygens (including phenoxy) is 2. The van der Waals surface area contributed by atoms with Crippen LogP contribution < -0.4 is 14.9 Å². The molecule has 5 rings (SSSR count). The highest BCUT2D eigenvalue weighted by atomic mass is 16.6. The minimum Gasteiger partial charge on any atom is -0.486 e. The Morgan fingerprint density at radius 2 is 1.76 bits per heavy atom. The van der Waals surface area contributed by atoms with Crippen LogP contribution in [0.2, 0.25) is 0 Å². The fraction of sp³-hybridized carbons (Fsp3) is 0.333. The molecule has 1 aromatic heterocycles. The molecule has 0 radical (unpaired) electrons. The molecule has 29 heavy (non-hydrogen) atoms. The molecule has 0 N–H and O–H groups in total. The van der Waals surface area contributed by atoms with E-state index in [1.165, 1.54) is 19.3 Å². The van der Waals surface area contributed by atoms with Crippen molar-refractivity contribution >= 4 is 16.7 Å². The van der Waals surface area contributed by atoms with Crippen LogP contribution in [0.1, 0.15) is 40.7 Å². The predicted molar refractivity (Wildman–Crippen MR) is 111 cm³/mol. The number of aromatic nitrogens is 1. The lowest BCUT2D eigenvalue weighted by Crippen LogP contribution is -2.24. The quantitative estimate of drug-likeness (QED) is 0.630. The molecule has 2 aromatic carbocycles. The van der Waals surface area contributed by atoms with Gasteiger partial charge in [-0.15, -0.1) is 0 Å². The molecule has 1 aliphatic heterocycles. The molecule has 0 atom stereocenters. The topological polar surface area (TPSA) is 57.5 Å². The summed E-state index contributed by atoms with van der Waals surface area (Å²) in [5.41, 5.74) is 2.35. The molecule has 1 aliphatic carbocycles. The number of nitrogens with zero attached hydrogens (tertiary/aromatic N) is 1. The van der Waals surface area contributed by atoms with Crippen LogP contribution in [0.25, 0.3) is 10.9 Å². The molecule has 0 spiro atoms. The van der Waals surface area contributed by atoms with Gasteiger partial charge in [0.1, 0.15) is 13.2 Å². The summed E-state index contributed by atoms with van der Waals surface area (Å²) in [7, 11) is 0. The highest BCUT2D eigenvalue weighted by Gasteiger charge is 2.23. The molecular weight excluding hydrogens is 366 g/mol. The van der Waals surface area contributed by atoms with Gasteiger partial charge >= 0.3 is 0 Å². The van der Waals surface area contributed by atoms with Crippen molar-refractivity contribution in [1.29, 1.82) is 0 Å². The van der Waals surface area contributed by atoms with Crippen LogP contribution in [0.5, 0.6) is 11.5 Å². The number of ketones is 1. The summed E-state index contributed by atoms with van der Waals surface area (Å²) in [4.78, 5) is 26.5. The second-order valence-corrected chi connectivity index (χ2v) is 8.03. The van der Waals surface area contributed by atoms with E-state index in [1.807, 2.05) is 25.1 Å². The SMILES string of the molecule is Cc1ccc(C(=O)c2cn(CC3CCC3)c3cc4c(cc3c2=O)OCCO4)cc1. The fourth-order valence-electron chi connectivity index (χ4n) is 4.05. The Bertz CT molecular complexity index is 1160. The Morgan fingerprint density at radius 3 is 2.41 bits per heavy atom. The van der Waals surface area contributed by atoms with Crippen molar-refractivity contribution in [2.75, 3.05) is 13.2 Å². The van der Waals surface area contributed by atoms with Gasteiger partial charge < -0.3 is 14.0 Å². The van der Waals surface area contributed by atoms with Crippen LogP contribution in [0.3, 0.4) is 0 Å². The second-order valence-electron chi connectivity index (χ2n) is 8.03. The third-order valence-corrected chi connectivity index (χ3v) is 5.98. The lowest BCUT2D eigenvalue weighted by atomic mass is 9.85. The smallest absolute Gasteiger partial charge is 0.200 e. The van der Waals surface area contributed by atoms with E-state index in [4.69, 9.17) is 9.47 Å². The number of benzene rings is 2. The molecule has 1 fully saturated rings. The molecular formula is C24H23NO4. The maximum Gasteiger partial charge on any atom is 0.200 e. The summed E-state index contributed by atoms with van der Waals surface area (Å²) in [5.74, 6) is 1.56. The van der Waals surface area contributed by atoms with Crippen molar-refractivity contribution in [1.82, 2.24) is 4.57 Å². The van der Waals surface area contributed by atoms with Gasteiger partial charge in [-0.1, -0.05) is 36.2 Å². The number of carbonyl (C=O) groups excluding carboxylic acids is 1. The lowest BCUT2D eigenvalue weighted by molar-refractivity contribution is 0.103. The molecule has 3 aromatic rings. The first-order valence-electron chi connectivity index (χ1n) is 10.2.